The Bertz CT molecular complexity index is 688. The normalized spacial score (nSPS) is 23.0. The summed E-state index contributed by atoms with van der Waals surface area (Å²) in [6.07, 6.45) is 26.4. The van der Waals surface area contributed by atoms with E-state index in [1.165, 1.54) is 44.9 Å². The molecule has 0 aromatic heterocycles. The highest BCUT2D eigenvalue weighted by molar-refractivity contribution is 5.88. The number of carbonyl (C=O) groups is 2. The second-order valence-electron chi connectivity index (χ2n) is 9.65. The number of unbranched alkanes of at least 4 members (excludes halogenated alkanes) is 9. The molecule has 6 heteroatoms. The first-order valence-electron chi connectivity index (χ1n) is 13.9. The summed E-state index contributed by atoms with van der Waals surface area (Å²) in [6, 6.07) is 0. The number of allylic oxidation sites excluding steroid dienone is 4. The van der Waals surface area contributed by atoms with Crippen LogP contribution in [0.4, 0.5) is 0 Å². The number of esters is 1. The van der Waals surface area contributed by atoms with E-state index in [1.807, 2.05) is 19.2 Å². The van der Waals surface area contributed by atoms with Gasteiger partial charge in [-0.25, -0.2) is 0 Å². The number of amides is 1. The fraction of sp³-hybridized carbons (Fsp3) is 0.724. The van der Waals surface area contributed by atoms with E-state index in [2.05, 4.69) is 41.9 Å². The summed E-state index contributed by atoms with van der Waals surface area (Å²) in [5.41, 5.74) is 0. The smallest absolute Gasteiger partial charge is 0.312 e. The van der Waals surface area contributed by atoms with Crippen molar-refractivity contribution in [2.24, 2.45) is 11.8 Å². The second-order valence-corrected chi connectivity index (χ2v) is 9.65. The van der Waals surface area contributed by atoms with Crippen LogP contribution >= 0.6 is 0 Å². The van der Waals surface area contributed by atoms with Crippen LogP contribution in [0.15, 0.2) is 36.5 Å². The molecule has 4 atom stereocenters. The number of nitrogens with one attached hydrogen (secondary N) is 2. The number of likely N-dealkylation sites (N-methyl/N-ethyl adjacent to an activating group) is 1. The van der Waals surface area contributed by atoms with Crippen molar-refractivity contribution in [3.63, 3.8) is 0 Å². The van der Waals surface area contributed by atoms with Crippen LogP contribution in [0, 0.1) is 11.8 Å². The van der Waals surface area contributed by atoms with Gasteiger partial charge in [-0.15, -0.1) is 0 Å². The molecule has 2 heterocycles. The van der Waals surface area contributed by atoms with E-state index in [0.717, 1.165) is 32.1 Å². The molecule has 35 heavy (non-hydrogen) atoms. The predicted octanol–water partition coefficient (Wildman–Crippen LogP) is 5.25. The predicted molar refractivity (Wildman–Crippen MR) is 142 cm³/mol. The standard InChI is InChI=1S/C29H48N2O4/c1-3-4-5-6-7-8-9-10-11-12-13-14-15-16-17-18-23-34-29(33)27-25-20-19-24(35-25)26(27)28(32)31-22-21-30-2/h7-8,10-11,19-20,24-27,30H,3-6,9,12-18,21-23H2,1-2H3,(H,31,32)/b8-7+,11-10+. The third-order valence-corrected chi connectivity index (χ3v) is 6.74. The first-order chi connectivity index (χ1) is 17.2. The van der Waals surface area contributed by atoms with Gasteiger partial charge in [0, 0.05) is 13.1 Å². The number of ether oxygens (including phenoxy) is 2. The van der Waals surface area contributed by atoms with Crippen molar-refractivity contribution in [2.45, 2.75) is 96.2 Å². The van der Waals surface area contributed by atoms with Crippen LogP contribution < -0.4 is 10.6 Å². The molecule has 2 aliphatic rings. The van der Waals surface area contributed by atoms with E-state index < -0.39 is 11.8 Å². The maximum atomic E-state index is 12.7. The van der Waals surface area contributed by atoms with E-state index in [-0.39, 0.29) is 24.1 Å². The van der Waals surface area contributed by atoms with Crippen molar-refractivity contribution >= 4 is 11.9 Å². The summed E-state index contributed by atoms with van der Waals surface area (Å²) in [5.74, 6) is -1.47. The zero-order valence-corrected chi connectivity index (χ0v) is 22.0. The highest BCUT2D eigenvalue weighted by Crippen LogP contribution is 2.40. The Hall–Kier alpha value is -1.92. The number of hydrogen-bond donors (Lipinski definition) is 2. The van der Waals surface area contributed by atoms with Crippen molar-refractivity contribution in [3.8, 4) is 0 Å². The maximum Gasteiger partial charge on any atom is 0.312 e. The average Bonchev–Trinajstić information content (AvgIpc) is 3.48. The molecule has 0 spiro atoms. The molecule has 1 fully saturated rings. The van der Waals surface area contributed by atoms with E-state index in [0.29, 0.717) is 19.7 Å². The second kappa shape index (κ2) is 18.4. The molecule has 2 aliphatic heterocycles. The summed E-state index contributed by atoms with van der Waals surface area (Å²) in [6.45, 7) is 3.87. The maximum absolute atomic E-state index is 12.7. The highest BCUT2D eigenvalue weighted by Gasteiger charge is 2.53. The number of fused-ring (bicyclic) bond motifs is 2. The minimum absolute atomic E-state index is 0.132. The van der Waals surface area contributed by atoms with Crippen molar-refractivity contribution in [1.82, 2.24) is 10.6 Å². The Balaban J connectivity index is 1.48. The molecule has 6 nitrogen and oxygen atoms in total. The average molecular weight is 489 g/mol. The molecule has 2 rings (SSSR count). The Morgan fingerprint density at radius 2 is 1.46 bits per heavy atom. The summed E-state index contributed by atoms with van der Waals surface area (Å²) in [4.78, 5) is 25.3. The molecule has 0 aromatic rings. The van der Waals surface area contributed by atoms with Crippen LogP contribution in [0.25, 0.3) is 0 Å². The van der Waals surface area contributed by atoms with Crippen LogP contribution in [-0.4, -0.2) is 50.8 Å². The van der Waals surface area contributed by atoms with E-state index in [1.54, 1.807) is 0 Å². The van der Waals surface area contributed by atoms with Crippen molar-refractivity contribution < 1.29 is 19.1 Å². The van der Waals surface area contributed by atoms with Crippen molar-refractivity contribution in [2.75, 3.05) is 26.7 Å². The monoisotopic (exact) mass is 488 g/mol. The van der Waals surface area contributed by atoms with Gasteiger partial charge in [0.1, 0.15) is 5.92 Å². The van der Waals surface area contributed by atoms with Crippen LogP contribution in [-0.2, 0) is 19.1 Å². The lowest BCUT2D eigenvalue weighted by Crippen LogP contribution is -2.44. The van der Waals surface area contributed by atoms with Gasteiger partial charge in [-0.3, -0.25) is 9.59 Å². The van der Waals surface area contributed by atoms with Crippen LogP contribution in [0.1, 0.15) is 84.0 Å². The lowest BCUT2D eigenvalue weighted by atomic mass is 9.82. The summed E-state index contributed by atoms with van der Waals surface area (Å²) < 4.78 is 11.3. The fourth-order valence-corrected chi connectivity index (χ4v) is 4.69. The Morgan fingerprint density at radius 1 is 0.829 bits per heavy atom. The molecular formula is C29H48N2O4. The van der Waals surface area contributed by atoms with E-state index in [4.69, 9.17) is 9.47 Å². The first-order valence-corrected chi connectivity index (χ1v) is 13.9. The lowest BCUT2D eigenvalue weighted by Gasteiger charge is -2.23. The molecule has 2 N–H and O–H groups in total. The van der Waals surface area contributed by atoms with Gasteiger partial charge in [0.05, 0.1) is 24.7 Å². The van der Waals surface area contributed by atoms with E-state index in [9.17, 15) is 9.59 Å². The Morgan fingerprint density at radius 3 is 2.14 bits per heavy atom. The van der Waals surface area contributed by atoms with Crippen LogP contribution in [0.2, 0.25) is 0 Å². The Kier molecular flexibility index (Phi) is 15.4. The summed E-state index contributed by atoms with van der Waals surface area (Å²) in [7, 11) is 1.84. The Labute approximate surface area is 213 Å². The van der Waals surface area contributed by atoms with Gasteiger partial charge >= 0.3 is 5.97 Å². The van der Waals surface area contributed by atoms with Gasteiger partial charge < -0.3 is 20.1 Å². The van der Waals surface area contributed by atoms with Gasteiger partial charge in [-0.2, -0.15) is 0 Å². The molecule has 4 unspecified atom stereocenters. The van der Waals surface area contributed by atoms with Gasteiger partial charge in [0.25, 0.3) is 0 Å². The fourth-order valence-electron chi connectivity index (χ4n) is 4.69. The summed E-state index contributed by atoms with van der Waals surface area (Å²) in [5, 5.41) is 5.89. The van der Waals surface area contributed by atoms with E-state index >= 15 is 0 Å². The minimum atomic E-state index is -0.538. The molecule has 198 valence electrons. The zero-order valence-electron chi connectivity index (χ0n) is 22.0. The topological polar surface area (TPSA) is 76.7 Å². The van der Waals surface area contributed by atoms with Crippen molar-refractivity contribution in [3.05, 3.63) is 36.5 Å². The third kappa shape index (κ3) is 11.1. The first kappa shape index (κ1) is 29.3. The quantitative estimate of drug-likeness (QED) is 0.139. The van der Waals surface area contributed by atoms with Gasteiger partial charge in [-0.1, -0.05) is 81.9 Å². The number of carbonyl (C=O) groups excluding carboxylic acids is 2. The molecule has 0 aliphatic carbocycles. The molecule has 0 saturated carbocycles. The highest BCUT2D eigenvalue weighted by atomic mass is 16.5. The number of hydrogen-bond acceptors (Lipinski definition) is 5. The minimum Gasteiger partial charge on any atom is -0.465 e. The largest absolute Gasteiger partial charge is 0.465 e. The zero-order chi connectivity index (χ0) is 25.1. The molecule has 1 amide bonds. The molecular weight excluding hydrogens is 440 g/mol. The summed E-state index contributed by atoms with van der Waals surface area (Å²) >= 11 is 0. The molecule has 0 aromatic carbocycles. The van der Waals surface area contributed by atoms with Crippen molar-refractivity contribution in [1.29, 1.82) is 0 Å². The molecule has 0 radical (unpaired) electrons. The van der Waals surface area contributed by atoms with Gasteiger partial charge in [0.2, 0.25) is 5.91 Å². The van der Waals surface area contributed by atoms with Gasteiger partial charge in [0.15, 0.2) is 0 Å². The van der Waals surface area contributed by atoms with Crippen LogP contribution in [0.5, 0.6) is 0 Å². The lowest BCUT2D eigenvalue weighted by molar-refractivity contribution is -0.153. The molecule has 1 saturated heterocycles. The van der Waals surface area contributed by atoms with Crippen LogP contribution in [0.3, 0.4) is 0 Å². The third-order valence-electron chi connectivity index (χ3n) is 6.74. The molecule has 2 bridgehead atoms. The number of rotatable bonds is 20. The SMILES string of the molecule is CCCCC/C=C/C/C=C/CCCCCCCCOC(=O)C1C2C=CC(O2)C1C(=O)NCCNC. The van der Waals surface area contributed by atoms with Gasteiger partial charge in [-0.05, 0) is 45.6 Å².